The standard InChI is InChI=1S/C10H18F3.Y/c1-5-8(6-2)7-9(3,11)10(4,12)13;/h5-7H2,1-4H3;/q-1;. The van der Waals surface area contributed by atoms with Gasteiger partial charge >= 0.3 is 0 Å². The van der Waals surface area contributed by atoms with E-state index in [9.17, 15) is 13.2 Å². The molecule has 0 aromatic heterocycles. The van der Waals surface area contributed by atoms with E-state index in [4.69, 9.17) is 0 Å². The van der Waals surface area contributed by atoms with Crippen molar-refractivity contribution in [3.8, 4) is 0 Å². The quantitative estimate of drug-likeness (QED) is 0.665. The van der Waals surface area contributed by atoms with Gasteiger partial charge in [-0.25, -0.2) is 13.2 Å². The molecular formula is C10H18F3Y-. The zero-order chi connectivity index (χ0) is 10.7. The molecule has 0 aliphatic heterocycles. The molecule has 14 heavy (non-hydrogen) atoms. The molecule has 0 amide bonds. The van der Waals surface area contributed by atoms with Gasteiger partial charge in [0.05, 0.1) is 0 Å². The van der Waals surface area contributed by atoms with Crippen molar-refractivity contribution >= 4 is 0 Å². The third kappa shape index (κ3) is 5.11. The fourth-order valence-corrected chi connectivity index (χ4v) is 1.12. The van der Waals surface area contributed by atoms with Crippen LogP contribution in [-0.4, -0.2) is 11.6 Å². The van der Waals surface area contributed by atoms with Gasteiger partial charge in [0, 0.05) is 39.6 Å². The Balaban J connectivity index is 0. The minimum atomic E-state index is -3.26. The van der Waals surface area contributed by atoms with Gasteiger partial charge in [-0.2, -0.15) is 12.8 Å². The molecule has 0 saturated carbocycles. The van der Waals surface area contributed by atoms with Crippen LogP contribution in [0.1, 0.15) is 47.0 Å². The van der Waals surface area contributed by atoms with E-state index >= 15 is 0 Å². The summed E-state index contributed by atoms with van der Waals surface area (Å²) in [5.74, 6) is -2.41. The Morgan fingerprint density at radius 3 is 1.57 bits per heavy atom. The van der Waals surface area contributed by atoms with Crippen molar-refractivity contribution in [1.29, 1.82) is 0 Å². The zero-order valence-corrected chi connectivity index (χ0v) is 12.2. The maximum atomic E-state index is 13.5. The summed E-state index contributed by atoms with van der Waals surface area (Å²) >= 11 is 0. The fourth-order valence-electron chi connectivity index (χ4n) is 1.12. The van der Waals surface area contributed by atoms with Crippen molar-refractivity contribution in [1.82, 2.24) is 0 Å². The van der Waals surface area contributed by atoms with Gasteiger partial charge in [0.2, 0.25) is 0 Å². The predicted octanol–water partition coefficient (Wildman–Crippen LogP) is 4.15. The van der Waals surface area contributed by atoms with Crippen LogP contribution < -0.4 is 0 Å². The second kappa shape index (κ2) is 6.47. The summed E-state index contributed by atoms with van der Waals surface area (Å²) in [7, 11) is 0. The van der Waals surface area contributed by atoms with Gasteiger partial charge in [-0.1, -0.05) is 13.8 Å². The molecule has 1 unspecified atom stereocenters. The van der Waals surface area contributed by atoms with Gasteiger partial charge < -0.3 is 5.92 Å². The van der Waals surface area contributed by atoms with Gasteiger partial charge in [-0.3, -0.25) is 0 Å². The Hall–Kier alpha value is 0.894. The van der Waals surface area contributed by atoms with Crippen LogP contribution in [0.4, 0.5) is 13.2 Å². The van der Waals surface area contributed by atoms with Crippen LogP contribution in [0.3, 0.4) is 0 Å². The summed E-state index contributed by atoms with van der Waals surface area (Å²) in [5, 5.41) is 0. The molecule has 4 heteroatoms. The van der Waals surface area contributed by atoms with Crippen molar-refractivity contribution in [3.63, 3.8) is 0 Å². The van der Waals surface area contributed by atoms with Crippen molar-refractivity contribution in [2.45, 2.75) is 58.5 Å². The molecule has 0 rings (SSSR count). The topological polar surface area (TPSA) is 0 Å². The van der Waals surface area contributed by atoms with Crippen LogP contribution in [0, 0.1) is 5.92 Å². The number of halogens is 3. The van der Waals surface area contributed by atoms with E-state index in [1.807, 2.05) is 13.8 Å². The molecule has 0 aromatic rings. The second-order valence-corrected chi connectivity index (χ2v) is 3.72. The maximum Gasteiger partial charge on any atom is 0.275 e. The molecule has 0 saturated heterocycles. The summed E-state index contributed by atoms with van der Waals surface area (Å²) < 4.78 is 38.9. The number of hydrogen-bond donors (Lipinski definition) is 0. The maximum absolute atomic E-state index is 13.5. The Labute approximate surface area is 110 Å². The van der Waals surface area contributed by atoms with E-state index in [2.05, 4.69) is 0 Å². The van der Waals surface area contributed by atoms with Crippen LogP contribution in [0.15, 0.2) is 0 Å². The first-order valence-electron chi connectivity index (χ1n) is 4.65. The van der Waals surface area contributed by atoms with Crippen LogP contribution in [0.25, 0.3) is 0 Å². The molecular weight excluding hydrogens is 266 g/mol. The normalized spacial score (nSPS) is 16.3. The molecule has 0 spiro atoms. The van der Waals surface area contributed by atoms with Gasteiger partial charge in [0.15, 0.2) is 0 Å². The van der Waals surface area contributed by atoms with Crippen molar-refractivity contribution in [2.24, 2.45) is 0 Å². The molecule has 0 heterocycles. The first kappa shape index (κ1) is 17.3. The van der Waals surface area contributed by atoms with Crippen LogP contribution in [0.5, 0.6) is 0 Å². The second-order valence-electron chi connectivity index (χ2n) is 3.72. The molecule has 0 fully saturated rings. The molecule has 0 aromatic carbocycles. The zero-order valence-electron chi connectivity index (χ0n) is 9.33. The van der Waals surface area contributed by atoms with E-state index in [1.165, 1.54) is 0 Å². The Morgan fingerprint density at radius 1 is 1.00 bits per heavy atom. The summed E-state index contributed by atoms with van der Waals surface area (Å²) in [6.07, 6.45) is 1.21. The van der Waals surface area contributed by atoms with Crippen LogP contribution >= 0.6 is 0 Å². The van der Waals surface area contributed by atoms with E-state index in [1.54, 1.807) is 0 Å². The fraction of sp³-hybridized carbons (Fsp3) is 0.900. The number of alkyl halides is 3. The van der Waals surface area contributed by atoms with Gasteiger partial charge in [0.25, 0.3) is 5.92 Å². The third-order valence-corrected chi connectivity index (χ3v) is 2.50. The Morgan fingerprint density at radius 2 is 1.36 bits per heavy atom. The first-order valence-corrected chi connectivity index (χ1v) is 4.65. The summed E-state index contributed by atoms with van der Waals surface area (Å²) in [5.41, 5.74) is -2.41. The van der Waals surface area contributed by atoms with E-state index in [-0.39, 0.29) is 39.1 Å². The molecule has 0 nitrogen and oxygen atoms in total. The van der Waals surface area contributed by atoms with Crippen molar-refractivity contribution in [3.05, 3.63) is 5.92 Å². The minimum Gasteiger partial charge on any atom is -0.311 e. The smallest absolute Gasteiger partial charge is 0.275 e. The van der Waals surface area contributed by atoms with Crippen LogP contribution in [-0.2, 0) is 32.7 Å². The van der Waals surface area contributed by atoms with Crippen molar-refractivity contribution < 1.29 is 45.9 Å². The predicted molar refractivity (Wildman–Crippen MR) is 48.6 cm³/mol. The van der Waals surface area contributed by atoms with E-state index in [0.717, 1.165) is 12.8 Å². The Kier molecular flexibility index (Phi) is 7.99. The number of rotatable bonds is 5. The molecule has 1 radical (unpaired) electrons. The molecule has 1 atom stereocenters. The third-order valence-electron chi connectivity index (χ3n) is 2.50. The summed E-state index contributed by atoms with van der Waals surface area (Å²) in [6.45, 7) is 5.33. The Bertz CT molecular complexity index is 148. The average molecular weight is 284 g/mol. The molecule has 0 aliphatic carbocycles. The average Bonchev–Trinajstić information content (AvgIpc) is 1.98. The SMILES string of the molecule is CC[C-](CC)CC(C)(F)C(C)(F)F.[Y]. The monoisotopic (exact) mass is 284 g/mol. The minimum absolute atomic E-state index is 0. The van der Waals surface area contributed by atoms with E-state index < -0.39 is 11.6 Å². The molecule has 0 N–H and O–H groups in total. The van der Waals surface area contributed by atoms with E-state index in [0.29, 0.717) is 19.8 Å². The summed E-state index contributed by atoms with van der Waals surface area (Å²) in [6, 6.07) is 0. The van der Waals surface area contributed by atoms with Gasteiger partial charge in [-0.05, 0) is 6.92 Å². The van der Waals surface area contributed by atoms with Gasteiger partial charge in [0.1, 0.15) is 5.67 Å². The van der Waals surface area contributed by atoms with Crippen molar-refractivity contribution in [2.75, 3.05) is 0 Å². The number of hydrogen-bond acceptors (Lipinski definition) is 0. The summed E-state index contributed by atoms with van der Waals surface area (Å²) in [4.78, 5) is 0. The molecule has 0 bridgehead atoms. The molecule has 83 valence electrons. The van der Waals surface area contributed by atoms with Gasteiger partial charge in [-0.15, -0.1) is 6.42 Å². The first-order chi connectivity index (χ1) is 5.74. The van der Waals surface area contributed by atoms with Crippen LogP contribution in [0.2, 0.25) is 0 Å². The largest absolute Gasteiger partial charge is 0.311 e. The molecule has 0 aliphatic rings.